The van der Waals surface area contributed by atoms with Gasteiger partial charge in [-0.2, -0.15) is 0 Å². The summed E-state index contributed by atoms with van der Waals surface area (Å²) < 4.78 is 17.1. The molecule has 0 aromatic heterocycles. The summed E-state index contributed by atoms with van der Waals surface area (Å²) in [7, 11) is 1.64. The van der Waals surface area contributed by atoms with Gasteiger partial charge in [0.25, 0.3) is 0 Å². The van der Waals surface area contributed by atoms with Gasteiger partial charge in [-0.1, -0.05) is 41.4 Å². The van der Waals surface area contributed by atoms with Crippen molar-refractivity contribution in [2.75, 3.05) is 20.3 Å². The Labute approximate surface area is 183 Å². The Morgan fingerprint density at radius 2 is 1.86 bits per heavy atom. The van der Waals surface area contributed by atoms with Crippen molar-refractivity contribution in [1.82, 2.24) is 5.32 Å². The van der Waals surface area contributed by atoms with Crippen molar-refractivity contribution in [3.05, 3.63) is 57.6 Å². The molecule has 0 atom stereocenters. The van der Waals surface area contributed by atoms with E-state index in [1.165, 1.54) is 0 Å². The number of halogens is 3. The molecule has 4 nitrogen and oxygen atoms in total. The molecule has 0 aliphatic carbocycles. The van der Waals surface area contributed by atoms with E-state index in [2.05, 4.69) is 5.32 Å². The summed E-state index contributed by atoms with van der Waals surface area (Å²) in [5.41, 5.74) is 1.90. The van der Waals surface area contributed by atoms with Crippen LogP contribution in [-0.4, -0.2) is 26.4 Å². The lowest BCUT2D eigenvalue weighted by Gasteiger charge is -2.16. The largest absolute Gasteiger partial charge is 0.493 e. The van der Waals surface area contributed by atoms with Crippen molar-refractivity contribution in [2.24, 2.45) is 0 Å². The number of nitrogens with one attached hydrogen (secondary N) is 1. The first-order valence-electron chi connectivity index (χ1n) is 9.06. The molecular weight excluding hydrogens is 421 g/mol. The van der Waals surface area contributed by atoms with E-state index in [9.17, 15) is 0 Å². The van der Waals surface area contributed by atoms with Crippen LogP contribution in [0.5, 0.6) is 11.5 Å². The monoisotopic (exact) mass is 447 g/mol. The van der Waals surface area contributed by atoms with Gasteiger partial charge in [-0.3, -0.25) is 0 Å². The van der Waals surface area contributed by atoms with Gasteiger partial charge >= 0.3 is 0 Å². The van der Waals surface area contributed by atoms with Gasteiger partial charge in [0, 0.05) is 34.3 Å². The predicted octanol–water partition coefficient (Wildman–Crippen LogP) is 5.91. The van der Waals surface area contributed by atoms with E-state index < -0.39 is 0 Å². The molecule has 2 aromatic rings. The summed E-state index contributed by atoms with van der Waals surface area (Å²) >= 11 is 12.2. The molecule has 0 saturated heterocycles. The average Bonchev–Trinajstić information content (AvgIpc) is 2.64. The molecule has 2 aromatic carbocycles. The Morgan fingerprint density at radius 1 is 1.07 bits per heavy atom. The van der Waals surface area contributed by atoms with Gasteiger partial charge in [0.15, 0.2) is 11.5 Å². The fraction of sp³-hybridized carbons (Fsp3) is 0.429. The summed E-state index contributed by atoms with van der Waals surface area (Å²) in [6.07, 6.45) is 1.22. The molecular formula is C21H28Cl3NO3. The highest BCUT2D eigenvalue weighted by atomic mass is 35.5. The molecule has 0 radical (unpaired) electrons. The zero-order valence-corrected chi connectivity index (χ0v) is 18.8. The SMILES string of the molecule is COc1cccc(CNCCCOC(C)C)c1OCc1ccc(Cl)cc1Cl.Cl. The minimum atomic E-state index is 0. The first-order valence-corrected chi connectivity index (χ1v) is 9.81. The number of benzene rings is 2. The maximum atomic E-state index is 6.24. The molecule has 0 fully saturated rings. The second-order valence-electron chi connectivity index (χ2n) is 6.42. The zero-order chi connectivity index (χ0) is 19.6. The summed E-state index contributed by atoms with van der Waals surface area (Å²) in [5, 5.41) is 4.61. The van der Waals surface area contributed by atoms with Gasteiger partial charge in [-0.15, -0.1) is 12.4 Å². The minimum absolute atomic E-state index is 0. The molecule has 156 valence electrons. The molecule has 0 aliphatic rings. The minimum Gasteiger partial charge on any atom is -0.493 e. The van der Waals surface area contributed by atoms with E-state index in [4.69, 9.17) is 37.4 Å². The third-order valence-corrected chi connectivity index (χ3v) is 4.52. The number of hydrogen-bond donors (Lipinski definition) is 1. The third-order valence-electron chi connectivity index (χ3n) is 3.93. The normalized spacial score (nSPS) is 10.6. The molecule has 0 bridgehead atoms. The van der Waals surface area contributed by atoms with Crippen molar-refractivity contribution in [2.45, 2.75) is 39.5 Å². The number of rotatable bonds is 11. The fourth-order valence-electron chi connectivity index (χ4n) is 2.55. The Hall–Kier alpha value is -1.17. The number of ether oxygens (including phenoxy) is 3. The Bertz CT molecular complexity index is 726. The van der Waals surface area contributed by atoms with Crippen molar-refractivity contribution in [1.29, 1.82) is 0 Å². The van der Waals surface area contributed by atoms with Gasteiger partial charge in [-0.05, 0) is 45.0 Å². The van der Waals surface area contributed by atoms with Crippen molar-refractivity contribution in [3.8, 4) is 11.5 Å². The summed E-state index contributed by atoms with van der Waals surface area (Å²) in [4.78, 5) is 0. The number of methoxy groups -OCH3 is 1. The van der Waals surface area contributed by atoms with Crippen molar-refractivity contribution < 1.29 is 14.2 Å². The van der Waals surface area contributed by atoms with Crippen LogP contribution in [0.2, 0.25) is 10.0 Å². The smallest absolute Gasteiger partial charge is 0.166 e. The lowest BCUT2D eigenvalue weighted by molar-refractivity contribution is 0.0770. The second kappa shape index (κ2) is 13.1. The maximum Gasteiger partial charge on any atom is 0.166 e. The first-order chi connectivity index (χ1) is 13.0. The second-order valence-corrected chi connectivity index (χ2v) is 7.27. The van der Waals surface area contributed by atoms with Crippen molar-refractivity contribution in [3.63, 3.8) is 0 Å². The lowest BCUT2D eigenvalue weighted by Crippen LogP contribution is -2.18. The number of hydrogen-bond acceptors (Lipinski definition) is 4. The highest BCUT2D eigenvalue weighted by Crippen LogP contribution is 2.32. The van der Waals surface area contributed by atoms with Gasteiger partial charge in [0.1, 0.15) is 6.61 Å². The van der Waals surface area contributed by atoms with Crippen molar-refractivity contribution >= 4 is 35.6 Å². The van der Waals surface area contributed by atoms with Crippen LogP contribution < -0.4 is 14.8 Å². The first kappa shape index (κ1) is 24.9. The van der Waals surface area contributed by atoms with E-state index in [1.807, 2.05) is 38.1 Å². The molecule has 7 heteroatoms. The van der Waals surface area contributed by atoms with Crippen LogP contribution in [0.15, 0.2) is 36.4 Å². The predicted molar refractivity (Wildman–Crippen MR) is 118 cm³/mol. The molecule has 0 amide bonds. The molecule has 0 aliphatic heterocycles. The van der Waals surface area contributed by atoms with E-state index >= 15 is 0 Å². The fourth-order valence-corrected chi connectivity index (χ4v) is 3.02. The van der Waals surface area contributed by atoms with E-state index in [0.29, 0.717) is 28.9 Å². The standard InChI is InChI=1S/C21H27Cl2NO3.ClH/c1-15(2)26-11-5-10-24-13-16-6-4-7-20(25-3)21(16)27-14-17-8-9-18(22)12-19(17)23;/h4,6-9,12,15,24H,5,10-11,13-14H2,1-3H3;1H. The number of para-hydroxylation sites is 1. The van der Waals surface area contributed by atoms with Crippen LogP contribution >= 0.6 is 35.6 Å². The van der Waals surface area contributed by atoms with Gasteiger partial charge in [-0.25, -0.2) is 0 Å². The third kappa shape index (κ3) is 8.06. The van der Waals surface area contributed by atoms with Crippen LogP contribution in [0.25, 0.3) is 0 Å². The topological polar surface area (TPSA) is 39.7 Å². The Kier molecular flexibility index (Phi) is 11.7. The quantitative estimate of drug-likeness (QED) is 0.434. The summed E-state index contributed by atoms with van der Waals surface area (Å²) in [5.74, 6) is 1.42. The Balaban J connectivity index is 0.00000392. The lowest BCUT2D eigenvalue weighted by atomic mass is 10.1. The molecule has 0 spiro atoms. The molecule has 2 rings (SSSR count). The molecule has 0 saturated carbocycles. The van der Waals surface area contributed by atoms with Crippen LogP contribution in [0.3, 0.4) is 0 Å². The van der Waals surface area contributed by atoms with E-state index in [0.717, 1.165) is 36.4 Å². The average molecular weight is 449 g/mol. The van der Waals surface area contributed by atoms with Gasteiger partial charge in [0.05, 0.1) is 13.2 Å². The molecule has 1 N–H and O–H groups in total. The van der Waals surface area contributed by atoms with Crippen LogP contribution in [-0.2, 0) is 17.9 Å². The maximum absolute atomic E-state index is 6.24. The zero-order valence-electron chi connectivity index (χ0n) is 16.5. The van der Waals surface area contributed by atoms with Crippen LogP contribution in [0.4, 0.5) is 0 Å². The van der Waals surface area contributed by atoms with Gasteiger partial charge < -0.3 is 19.5 Å². The molecule has 0 unspecified atom stereocenters. The van der Waals surface area contributed by atoms with E-state index in [-0.39, 0.29) is 18.5 Å². The highest BCUT2D eigenvalue weighted by Gasteiger charge is 2.12. The summed E-state index contributed by atoms with van der Waals surface area (Å²) in [6.45, 7) is 6.72. The molecule has 0 heterocycles. The highest BCUT2D eigenvalue weighted by molar-refractivity contribution is 6.35. The molecule has 28 heavy (non-hydrogen) atoms. The summed E-state index contributed by atoms with van der Waals surface area (Å²) in [6, 6.07) is 11.3. The Morgan fingerprint density at radius 3 is 2.54 bits per heavy atom. The van der Waals surface area contributed by atoms with Gasteiger partial charge in [0.2, 0.25) is 0 Å². The van der Waals surface area contributed by atoms with E-state index in [1.54, 1.807) is 19.2 Å². The van der Waals surface area contributed by atoms with Crippen LogP contribution in [0, 0.1) is 0 Å². The van der Waals surface area contributed by atoms with Crippen LogP contribution in [0.1, 0.15) is 31.4 Å².